The van der Waals surface area contributed by atoms with E-state index in [4.69, 9.17) is 4.55 Å². The minimum Gasteiger partial charge on any atom is -0.302 e. The third-order valence-corrected chi connectivity index (χ3v) is 2.76. The van der Waals surface area contributed by atoms with Crippen LogP contribution in [0.2, 0.25) is 0 Å². The molecule has 1 aliphatic rings. The Morgan fingerprint density at radius 2 is 2.50 bits per heavy atom. The summed E-state index contributed by atoms with van der Waals surface area (Å²) >= 11 is -1.86. The SMILES string of the molecule is CCN1CCCC(NS(=O)O)C1. The number of nitrogens with one attached hydrogen (secondary N) is 1. The Kier molecular flexibility index (Phi) is 4.14. The Hall–Kier alpha value is 0.0300. The number of likely N-dealkylation sites (N-methyl/N-ethyl adjacent to an activating group) is 1. The van der Waals surface area contributed by atoms with Crippen LogP contribution in [0, 0.1) is 0 Å². The molecular formula is C7H16N2O2S. The van der Waals surface area contributed by atoms with Crippen molar-refractivity contribution in [2.75, 3.05) is 19.6 Å². The van der Waals surface area contributed by atoms with Gasteiger partial charge in [-0.3, -0.25) is 4.55 Å². The first-order valence-corrected chi connectivity index (χ1v) is 5.42. The summed E-state index contributed by atoms with van der Waals surface area (Å²) in [5.74, 6) is 0. The van der Waals surface area contributed by atoms with E-state index in [1.807, 2.05) is 0 Å². The van der Waals surface area contributed by atoms with Crippen molar-refractivity contribution in [2.45, 2.75) is 25.8 Å². The van der Waals surface area contributed by atoms with Gasteiger partial charge in [-0.2, -0.15) is 0 Å². The molecule has 0 aromatic carbocycles. The van der Waals surface area contributed by atoms with Crippen LogP contribution in [0.25, 0.3) is 0 Å². The molecule has 0 aromatic rings. The first-order valence-electron chi connectivity index (χ1n) is 4.31. The van der Waals surface area contributed by atoms with Crippen molar-refractivity contribution >= 4 is 11.3 Å². The molecule has 4 nitrogen and oxygen atoms in total. The van der Waals surface area contributed by atoms with E-state index in [9.17, 15) is 4.21 Å². The van der Waals surface area contributed by atoms with Crippen molar-refractivity contribution in [3.05, 3.63) is 0 Å². The highest BCUT2D eigenvalue weighted by Crippen LogP contribution is 2.09. The van der Waals surface area contributed by atoms with Crippen LogP contribution in [0.3, 0.4) is 0 Å². The molecule has 2 atom stereocenters. The summed E-state index contributed by atoms with van der Waals surface area (Å²) in [6, 6.07) is 0.185. The van der Waals surface area contributed by atoms with Crippen LogP contribution < -0.4 is 4.72 Å². The standard InChI is InChI=1S/C7H16N2O2S/c1-2-9-5-3-4-7(6-9)8-12(10)11/h7-8H,2-6H2,1H3,(H,10,11). The molecule has 0 saturated carbocycles. The molecule has 72 valence electrons. The Labute approximate surface area is 75.7 Å². The van der Waals surface area contributed by atoms with Gasteiger partial charge < -0.3 is 4.90 Å². The predicted octanol–water partition coefficient (Wildman–Crippen LogP) is 0.197. The number of hydrogen-bond donors (Lipinski definition) is 2. The molecule has 2 N–H and O–H groups in total. The zero-order chi connectivity index (χ0) is 8.97. The molecule has 1 heterocycles. The second-order valence-electron chi connectivity index (χ2n) is 3.10. The van der Waals surface area contributed by atoms with Crippen molar-refractivity contribution in [1.29, 1.82) is 0 Å². The van der Waals surface area contributed by atoms with Gasteiger partial charge in [0.25, 0.3) is 0 Å². The van der Waals surface area contributed by atoms with E-state index in [1.165, 1.54) is 0 Å². The highest BCUT2D eigenvalue weighted by molar-refractivity contribution is 7.77. The third kappa shape index (κ3) is 3.18. The van der Waals surface area contributed by atoms with Crippen molar-refractivity contribution in [2.24, 2.45) is 0 Å². The lowest BCUT2D eigenvalue weighted by Crippen LogP contribution is -2.45. The minimum atomic E-state index is -1.86. The molecule has 1 aliphatic heterocycles. The zero-order valence-electron chi connectivity index (χ0n) is 7.32. The normalized spacial score (nSPS) is 28.7. The summed E-state index contributed by atoms with van der Waals surface area (Å²) in [4.78, 5) is 2.29. The maximum atomic E-state index is 10.4. The van der Waals surface area contributed by atoms with Crippen molar-refractivity contribution in [3.63, 3.8) is 0 Å². The third-order valence-electron chi connectivity index (χ3n) is 2.22. The molecule has 2 unspecified atom stereocenters. The van der Waals surface area contributed by atoms with Gasteiger partial charge in [-0.25, -0.2) is 8.93 Å². The van der Waals surface area contributed by atoms with E-state index in [1.54, 1.807) is 0 Å². The summed E-state index contributed by atoms with van der Waals surface area (Å²) in [5, 5.41) is 0. The molecule has 0 spiro atoms. The van der Waals surface area contributed by atoms with Crippen LogP contribution in [0.5, 0.6) is 0 Å². The lowest BCUT2D eigenvalue weighted by atomic mass is 10.1. The number of rotatable bonds is 3. The molecule has 1 fully saturated rings. The Morgan fingerprint density at radius 3 is 3.08 bits per heavy atom. The molecule has 0 radical (unpaired) electrons. The molecule has 1 saturated heterocycles. The quantitative estimate of drug-likeness (QED) is 0.628. The first-order chi connectivity index (χ1) is 5.72. The van der Waals surface area contributed by atoms with Gasteiger partial charge >= 0.3 is 0 Å². The van der Waals surface area contributed by atoms with Crippen LogP contribution in [0.15, 0.2) is 0 Å². The fourth-order valence-electron chi connectivity index (χ4n) is 1.58. The van der Waals surface area contributed by atoms with Crippen molar-refractivity contribution in [3.8, 4) is 0 Å². The predicted molar refractivity (Wildman–Crippen MR) is 49.0 cm³/mol. The van der Waals surface area contributed by atoms with Gasteiger partial charge in [0, 0.05) is 12.6 Å². The maximum absolute atomic E-state index is 10.4. The van der Waals surface area contributed by atoms with E-state index in [2.05, 4.69) is 16.5 Å². The molecule has 0 aromatic heterocycles. The van der Waals surface area contributed by atoms with Gasteiger partial charge in [0.1, 0.15) is 0 Å². The smallest absolute Gasteiger partial charge is 0.232 e. The van der Waals surface area contributed by atoms with Gasteiger partial charge in [-0.05, 0) is 25.9 Å². The van der Waals surface area contributed by atoms with Crippen LogP contribution >= 0.6 is 0 Å². The molecule has 0 aliphatic carbocycles. The topological polar surface area (TPSA) is 52.6 Å². The minimum absolute atomic E-state index is 0.185. The Bertz CT molecular complexity index is 165. The zero-order valence-corrected chi connectivity index (χ0v) is 8.14. The van der Waals surface area contributed by atoms with E-state index in [-0.39, 0.29) is 6.04 Å². The van der Waals surface area contributed by atoms with Crippen molar-refractivity contribution in [1.82, 2.24) is 9.62 Å². The fourth-order valence-corrected chi connectivity index (χ4v) is 2.06. The van der Waals surface area contributed by atoms with E-state index < -0.39 is 11.3 Å². The number of nitrogens with zero attached hydrogens (tertiary/aromatic N) is 1. The lowest BCUT2D eigenvalue weighted by Gasteiger charge is -2.31. The molecule has 0 amide bonds. The molecule has 1 rings (SSSR count). The largest absolute Gasteiger partial charge is 0.302 e. The summed E-state index contributed by atoms with van der Waals surface area (Å²) in [7, 11) is 0. The maximum Gasteiger partial charge on any atom is 0.232 e. The van der Waals surface area contributed by atoms with Gasteiger partial charge in [0.05, 0.1) is 0 Å². The monoisotopic (exact) mass is 192 g/mol. The number of hydrogen-bond acceptors (Lipinski definition) is 2. The average molecular weight is 192 g/mol. The Morgan fingerprint density at radius 1 is 1.75 bits per heavy atom. The van der Waals surface area contributed by atoms with E-state index in [0.717, 1.165) is 32.5 Å². The van der Waals surface area contributed by atoms with Crippen LogP contribution in [0.1, 0.15) is 19.8 Å². The molecule has 12 heavy (non-hydrogen) atoms. The highest BCUT2D eigenvalue weighted by Gasteiger charge is 2.19. The first kappa shape index (κ1) is 10.1. The van der Waals surface area contributed by atoms with E-state index in [0.29, 0.717) is 0 Å². The van der Waals surface area contributed by atoms with E-state index >= 15 is 0 Å². The van der Waals surface area contributed by atoms with Gasteiger partial charge in [0.2, 0.25) is 11.3 Å². The Balaban J connectivity index is 2.30. The van der Waals surface area contributed by atoms with Crippen LogP contribution in [-0.2, 0) is 11.3 Å². The molecule has 5 heteroatoms. The van der Waals surface area contributed by atoms with Crippen LogP contribution in [0.4, 0.5) is 0 Å². The highest BCUT2D eigenvalue weighted by atomic mass is 32.2. The second-order valence-corrected chi connectivity index (χ2v) is 3.83. The molecular weight excluding hydrogens is 176 g/mol. The van der Waals surface area contributed by atoms with Crippen molar-refractivity contribution < 1.29 is 8.76 Å². The summed E-state index contributed by atoms with van der Waals surface area (Å²) in [6.45, 7) is 5.14. The summed E-state index contributed by atoms with van der Waals surface area (Å²) in [5.41, 5.74) is 0. The van der Waals surface area contributed by atoms with Crippen LogP contribution in [-0.4, -0.2) is 39.3 Å². The summed E-state index contributed by atoms with van der Waals surface area (Å²) in [6.07, 6.45) is 2.12. The number of likely N-dealkylation sites (tertiary alicyclic amines) is 1. The molecule has 0 bridgehead atoms. The summed E-state index contributed by atoms with van der Waals surface area (Å²) < 4.78 is 21.7. The van der Waals surface area contributed by atoms with Gasteiger partial charge in [-0.1, -0.05) is 6.92 Å². The van der Waals surface area contributed by atoms with Gasteiger partial charge in [-0.15, -0.1) is 0 Å². The van der Waals surface area contributed by atoms with Gasteiger partial charge in [0.15, 0.2) is 0 Å². The number of piperidine rings is 1. The fraction of sp³-hybridized carbons (Fsp3) is 1.00. The second kappa shape index (κ2) is 4.91. The average Bonchev–Trinajstić information content (AvgIpc) is 2.03. The lowest BCUT2D eigenvalue weighted by molar-refractivity contribution is 0.211.